The average Bonchev–Trinajstić information content (AvgIpc) is 3.39. The fraction of sp³-hybridized carbons (Fsp3) is 0.125. The number of aryl methyl sites for hydroxylation is 4. The molecule has 0 aliphatic heterocycles. The van der Waals surface area contributed by atoms with Gasteiger partial charge >= 0.3 is 0 Å². The Hall–Kier alpha value is -4.13. The number of rotatable bonds is 4. The van der Waals surface area contributed by atoms with Gasteiger partial charge in [-0.15, -0.1) is 0 Å². The van der Waals surface area contributed by atoms with Gasteiger partial charge in [-0.3, -0.25) is 4.55 Å². The molecule has 0 saturated carbocycles. The lowest BCUT2D eigenvalue weighted by Gasteiger charge is -2.06. The van der Waals surface area contributed by atoms with E-state index >= 15 is 0 Å². The number of benzene rings is 4. The van der Waals surface area contributed by atoms with Gasteiger partial charge in [0.1, 0.15) is 27.6 Å². The van der Waals surface area contributed by atoms with E-state index in [2.05, 4.69) is 50.2 Å². The van der Waals surface area contributed by atoms with Crippen LogP contribution in [-0.2, 0) is 10.1 Å². The lowest BCUT2D eigenvalue weighted by molar-refractivity contribution is 0.482. The van der Waals surface area contributed by atoms with Crippen molar-refractivity contribution in [2.75, 3.05) is 0 Å². The predicted molar refractivity (Wildman–Crippen MR) is 151 cm³/mol. The minimum Gasteiger partial charge on any atom is -0.456 e. The Morgan fingerprint density at radius 1 is 0.579 bits per heavy atom. The molecular weight excluding hydrogens is 496 g/mol. The van der Waals surface area contributed by atoms with Gasteiger partial charge in [-0.1, -0.05) is 60.2 Å². The maximum Gasteiger partial charge on any atom is 0.294 e. The fourth-order valence-corrected chi connectivity index (χ4v) is 5.87. The minimum atomic E-state index is -4.33. The van der Waals surface area contributed by atoms with Gasteiger partial charge in [0.05, 0.1) is 0 Å². The van der Waals surface area contributed by atoms with Crippen LogP contribution in [0.5, 0.6) is 0 Å². The first kappa shape index (κ1) is 24.2. The molecule has 0 atom stereocenters. The van der Waals surface area contributed by atoms with Crippen molar-refractivity contribution < 1.29 is 21.8 Å². The summed E-state index contributed by atoms with van der Waals surface area (Å²) >= 11 is 0. The second-order valence-corrected chi connectivity index (χ2v) is 11.2. The summed E-state index contributed by atoms with van der Waals surface area (Å²) in [5.74, 6) is 1.56. The van der Waals surface area contributed by atoms with E-state index in [4.69, 9.17) is 8.83 Å². The minimum absolute atomic E-state index is 0.142. The van der Waals surface area contributed by atoms with E-state index in [0.29, 0.717) is 16.9 Å². The lowest BCUT2D eigenvalue weighted by Crippen LogP contribution is -2.00. The summed E-state index contributed by atoms with van der Waals surface area (Å²) in [7, 11) is -4.33. The van der Waals surface area contributed by atoms with E-state index in [1.165, 1.54) is 11.6 Å². The molecular formula is C32H26O5S. The number of furan rings is 2. The van der Waals surface area contributed by atoms with Crippen LogP contribution in [0.2, 0.25) is 0 Å². The molecule has 0 bridgehead atoms. The van der Waals surface area contributed by atoms with Gasteiger partial charge < -0.3 is 8.83 Å². The van der Waals surface area contributed by atoms with Gasteiger partial charge in [-0.2, -0.15) is 8.42 Å². The Morgan fingerprint density at radius 3 is 1.58 bits per heavy atom. The average molecular weight is 523 g/mol. The molecule has 0 amide bonds. The summed E-state index contributed by atoms with van der Waals surface area (Å²) in [5, 5.41) is 1.96. The van der Waals surface area contributed by atoms with Gasteiger partial charge in [-0.05, 0) is 62.6 Å². The highest BCUT2D eigenvalue weighted by Gasteiger charge is 2.19. The van der Waals surface area contributed by atoms with Crippen LogP contribution in [0.4, 0.5) is 0 Å². The number of fused-ring (bicyclic) bond motifs is 2. The second kappa shape index (κ2) is 8.72. The van der Waals surface area contributed by atoms with Crippen molar-refractivity contribution in [3.05, 3.63) is 101 Å². The first-order chi connectivity index (χ1) is 18.1. The fourth-order valence-electron chi connectivity index (χ4n) is 5.15. The van der Waals surface area contributed by atoms with E-state index in [0.717, 1.165) is 55.5 Å². The van der Waals surface area contributed by atoms with Crippen molar-refractivity contribution in [2.45, 2.75) is 32.6 Å². The molecule has 0 aliphatic rings. The highest BCUT2D eigenvalue weighted by molar-refractivity contribution is 7.85. The van der Waals surface area contributed by atoms with E-state index in [9.17, 15) is 13.0 Å². The van der Waals surface area contributed by atoms with Crippen LogP contribution in [0, 0.1) is 27.7 Å². The second-order valence-electron chi connectivity index (χ2n) is 9.86. The third-order valence-electron chi connectivity index (χ3n) is 7.23. The van der Waals surface area contributed by atoms with Crippen molar-refractivity contribution in [2.24, 2.45) is 0 Å². The zero-order valence-electron chi connectivity index (χ0n) is 21.5. The molecule has 4 aromatic carbocycles. The molecule has 0 unspecified atom stereocenters. The molecule has 1 N–H and O–H groups in total. The van der Waals surface area contributed by atoms with Gasteiger partial charge in [0.25, 0.3) is 10.1 Å². The zero-order chi connectivity index (χ0) is 26.8. The Balaban J connectivity index is 1.31. The third-order valence-corrected chi connectivity index (χ3v) is 8.23. The van der Waals surface area contributed by atoms with Crippen LogP contribution in [0.3, 0.4) is 0 Å². The van der Waals surface area contributed by atoms with Gasteiger partial charge in [0, 0.05) is 39.1 Å². The standard InChI is InChI=1S/C32H26O5S/c1-18-5-14-28-26(15-18)20(3)31(36-28)24-10-6-22(7-11-24)23-8-12-25(13-9-23)32-21(4)27-16-19(2)30(38(33,34)35)17-29(27)37-32/h5-17H,1-4H3,(H,33,34,35). The summed E-state index contributed by atoms with van der Waals surface area (Å²) in [4.78, 5) is -0.142. The third kappa shape index (κ3) is 4.02. The van der Waals surface area contributed by atoms with E-state index < -0.39 is 10.1 Å². The molecule has 0 radical (unpaired) electrons. The smallest absolute Gasteiger partial charge is 0.294 e. The van der Waals surface area contributed by atoms with E-state index in [1.807, 2.05) is 37.3 Å². The van der Waals surface area contributed by atoms with Crippen LogP contribution in [-0.4, -0.2) is 13.0 Å². The number of hydrogen-bond acceptors (Lipinski definition) is 4. The molecule has 2 aromatic heterocycles. The monoisotopic (exact) mass is 522 g/mol. The molecule has 2 heterocycles. The van der Waals surface area contributed by atoms with E-state index in [1.54, 1.807) is 13.0 Å². The van der Waals surface area contributed by atoms with Crippen LogP contribution in [0.25, 0.3) is 55.7 Å². The van der Waals surface area contributed by atoms with Gasteiger partial charge in [0.15, 0.2) is 0 Å². The molecule has 6 aromatic rings. The predicted octanol–water partition coefficient (Wildman–Crippen LogP) is 8.66. The molecule has 0 spiro atoms. The highest BCUT2D eigenvalue weighted by Crippen LogP contribution is 2.37. The van der Waals surface area contributed by atoms with Crippen molar-refractivity contribution in [3.8, 4) is 33.8 Å². The van der Waals surface area contributed by atoms with Crippen LogP contribution in [0.15, 0.2) is 92.6 Å². The van der Waals surface area contributed by atoms with E-state index in [-0.39, 0.29) is 4.90 Å². The number of hydrogen-bond donors (Lipinski definition) is 1. The summed E-state index contributed by atoms with van der Waals surface area (Å²) < 4.78 is 45.2. The summed E-state index contributed by atoms with van der Waals surface area (Å²) in [5.41, 5.74) is 9.13. The summed E-state index contributed by atoms with van der Waals surface area (Å²) in [6.07, 6.45) is 0. The maximum atomic E-state index is 11.7. The molecule has 5 nitrogen and oxygen atoms in total. The molecule has 38 heavy (non-hydrogen) atoms. The maximum absolute atomic E-state index is 11.7. The molecule has 6 rings (SSSR count). The quantitative estimate of drug-likeness (QED) is 0.234. The summed E-state index contributed by atoms with van der Waals surface area (Å²) in [6, 6.07) is 25.8. The molecule has 0 fully saturated rings. The SMILES string of the molecule is Cc1ccc2oc(-c3ccc(-c4ccc(-c5oc6cc(S(=O)(=O)O)c(C)cc6c5C)cc4)cc3)c(C)c2c1. The van der Waals surface area contributed by atoms with Crippen molar-refractivity contribution in [1.82, 2.24) is 0 Å². The topological polar surface area (TPSA) is 80.7 Å². The molecule has 190 valence electrons. The van der Waals surface area contributed by atoms with Crippen LogP contribution in [0.1, 0.15) is 22.3 Å². The molecule has 6 heteroatoms. The first-order valence-electron chi connectivity index (χ1n) is 12.3. The lowest BCUT2D eigenvalue weighted by atomic mass is 9.99. The molecule has 0 aliphatic carbocycles. The first-order valence-corrected chi connectivity index (χ1v) is 13.8. The van der Waals surface area contributed by atoms with Crippen molar-refractivity contribution >= 4 is 32.1 Å². The Labute approximate surface area is 221 Å². The summed E-state index contributed by atoms with van der Waals surface area (Å²) in [6.45, 7) is 7.78. The zero-order valence-corrected chi connectivity index (χ0v) is 22.3. The Morgan fingerprint density at radius 2 is 1.05 bits per heavy atom. The van der Waals surface area contributed by atoms with Crippen molar-refractivity contribution in [1.29, 1.82) is 0 Å². The van der Waals surface area contributed by atoms with Gasteiger partial charge in [0.2, 0.25) is 0 Å². The highest BCUT2D eigenvalue weighted by atomic mass is 32.2. The molecule has 0 saturated heterocycles. The van der Waals surface area contributed by atoms with Crippen LogP contribution < -0.4 is 0 Å². The van der Waals surface area contributed by atoms with Gasteiger partial charge in [-0.25, -0.2) is 0 Å². The Kier molecular flexibility index (Phi) is 5.56. The largest absolute Gasteiger partial charge is 0.456 e. The Bertz CT molecular complexity index is 1960. The van der Waals surface area contributed by atoms with Crippen LogP contribution >= 0.6 is 0 Å². The van der Waals surface area contributed by atoms with Crippen molar-refractivity contribution in [3.63, 3.8) is 0 Å². The normalized spacial score (nSPS) is 12.0.